The number of hydrogen-bond acceptors (Lipinski definition) is 4. The highest BCUT2D eigenvalue weighted by molar-refractivity contribution is 6.29. The van der Waals surface area contributed by atoms with Crippen molar-refractivity contribution in [2.75, 3.05) is 0 Å². The molecule has 2 heterocycles. The van der Waals surface area contributed by atoms with Gasteiger partial charge in [-0.25, -0.2) is 4.98 Å². The summed E-state index contributed by atoms with van der Waals surface area (Å²) < 4.78 is 7.49. The maximum absolute atomic E-state index is 5.96. The molecule has 19 heavy (non-hydrogen) atoms. The lowest BCUT2D eigenvalue weighted by molar-refractivity contribution is 0.455. The van der Waals surface area contributed by atoms with E-state index in [4.69, 9.17) is 16.3 Å². The summed E-state index contributed by atoms with van der Waals surface area (Å²) in [6, 6.07) is 1.60. The lowest BCUT2D eigenvalue weighted by Gasteiger charge is -2.07. The fourth-order valence-electron chi connectivity index (χ4n) is 1.59. The minimum Gasteiger partial charge on any atom is -0.436 e. The number of ether oxygens (including phenoxy) is 1. The Bertz CT molecular complexity index is 553. The summed E-state index contributed by atoms with van der Waals surface area (Å²) in [5.74, 6) is 1.96. The van der Waals surface area contributed by atoms with Crippen LogP contribution in [0.3, 0.4) is 0 Å². The van der Waals surface area contributed by atoms with Crippen molar-refractivity contribution in [1.29, 1.82) is 0 Å². The first kappa shape index (κ1) is 13.8. The van der Waals surface area contributed by atoms with Crippen molar-refractivity contribution < 1.29 is 4.74 Å². The Balaban J connectivity index is 2.17. The molecule has 0 spiro atoms. The molecule has 2 aromatic rings. The molecule has 0 bridgehead atoms. The van der Waals surface area contributed by atoms with Gasteiger partial charge in [-0.05, 0) is 6.42 Å². The molecule has 0 aromatic carbocycles. The quantitative estimate of drug-likeness (QED) is 0.785. The third kappa shape index (κ3) is 3.67. The largest absolute Gasteiger partial charge is 0.436 e. The second-order valence-electron chi connectivity index (χ2n) is 4.58. The van der Waals surface area contributed by atoms with E-state index in [0.717, 1.165) is 13.0 Å². The fourth-order valence-corrected chi connectivity index (χ4v) is 1.77. The minimum absolute atomic E-state index is 0.198. The summed E-state index contributed by atoms with van der Waals surface area (Å²) >= 11 is 5.96. The molecule has 102 valence electrons. The molecule has 2 rings (SSSR count). The first-order valence-electron chi connectivity index (χ1n) is 6.33. The van der Waals surface area contributed by atoms with Crippen LogP contribution in [0.2, 0.25) is 5.15 Å². The number of hydrogen-bond donors (Lipinski definition) is 0. The van der Waals surface area contributed by atoms with E-state index in [1.54, 1.807) is 12.3 Å². The molecule has 0 radical (unpaired) electrons. The maximum atomic E-state index is 5.96. The van der Waals surface area contributed by atoms with E-state index in [2.05, 4.69) is 22.0 Å². The van der Waals surface area contributed by atoms with Gasteiger partial charge in [-0.15, -0.1) is 0 Å². The monoisotopic (exact) mass is 280 g/mol. The summed E-state index contributed by atoms with van der Waals surface area (Å²) in [4.78, 5) is 8.49. The van der Waals surface area contributed by atoms with Crippen LogP contribution in [0.1, 0.15) is 38.9 Å². The fraction of sp³-hybridized carbons (Fsp3) is 0.462. The molecule has 0 unspecified atom stereocenters. The third-order valence-electron chi connectivity index (χ3n) is 2.49. The second kappa shape index (κ2) is 6.02. The molecule has 0 saturated heterocycles. The highest BCUT2D eigenvalue weighted by Gasteiger charge is 2.09. The zero-order valence-electron chi connectivity index (χ0n) is 11.3. The third-order valence-corrected chi connectivity index (χ3v) is 2.68. The average Bonchev–Trinajstić information content (AvgIpc) is 2.76. The standard InChI is InChI=1S/C13H17ClN4O/c1-4-5-18-8-10(7-15-18)19-12-6-11(14)16-13(17-12)9(2)3/h6-9H,4-5H2,1-3H3. The Morgan fingerprint density at radius 3 is 2.84 bits per heavy atom. The van der Waals surface area contributed by atoms with Crippen LogP contribution in [-0.2, 0) is 6.54 Å². The smallest absolute Gasteiger partial charge is 0.224 e. The van der Waals surface area contributed by atoms with Gasteiger partial charge >= 0.3 is 0 Å². The van der Waals surface area contributed by atoms with Crippen molar-refractivity contribution in [1.82, 2.24) is 19.7 Å². The van der Waals surface area contributed by atoms with Gasteiger partial charge in [0.05, 0.1) is 12.4 Å². The van der Waals surface area contributed by atoms with Gasteiger partial charge < -0.3 is 4.74 Å². The molecule has 0 amide bonds. The zero-order chi connectivity index (χ0) is 13.8. The summed E-state index contributed by atoms with van der Waals surface area (Å²) in [5.41, 5.74) is 0. The van der Waals surface area contributed by atoms with Gasteiger partial charge in [0, 0.05) is 18.5 Å². The predicted molar refractivity (Wildman–Crippen MR) is 73.7 cm³/mol. The van der Waals surface area contributed by atoms with E-state index in [1.807, 2.05) is 24.7 Å². The Labute approximate surface area is 117 Å². The Hall–Kier alpha value is -1.62. The zero-order valence-corrected chi connectivity index (χ0v) is 12.1. The first-order chi connectivity index (χ1) is 9.08. The van der Waals surface area contributed by atoms with E-state index in [-0.39, 0.29) is 5.92 Å². The molecule has 0 aliphatic carbocycles. The van der Waals surface area contributed by atoms with Crippen molar-refractivity contribution in [3.8, 4) is 11.6 Å². The molecule has 6 heteroatoms. The highest BCUT2D eigenvalue weighted by Crippen LogP contribution is 2.23. The van der Waals surface area contributed by atoms with Crippen molar-refractivity contribution in [3.05, 3.63) is 29.4 Å². The predicted octanol–water partition coefficient (Wildman–Crippen LogP) is 3.65. The molecule has 0 saturated carbocycles. The molecule has 0 aliphatic rings. The molecular weight excluding hydrogens is 264 g/mol. The maximum Gasteiger partial charge on any atom is 0.224 e. The van der Waals surface area contributed by atoms with Gasteiger partial charge in [0.2, 0.25) is 5.88 Å². The summed E-state index contributed by atoms with van der Waals surface area (Å²) in [6.45, 7) is 6.98. The van der Waals surface area contributed by atoms with Gasteiger partial charge in [0.1, 0.15) is 11.0 Å². The highest BCUT2D eigenvalue weighted by atomic mass is 35.5. The number of aromatic nitrogens is 4. The van der Waals surface area contributed by atoms with Crippen LogP contribution in [0.5, 0.6) is 11.6 Å². The normalized spacial score (nSPS) is 11.0. The van der Waals surface area contributed by atoms with Crippen LogP contribution in [0, 0.1) is 0 Å². The molecule has 0 N–H and O–H groups in total. The van der Waals surface area contributed by atoms with E-state index >= 15 is 0 Å². The van der Waals surface area contributed by atoms with Crippen LogP contribution in [0.4, 0.5) is 0 Å². The van der Waals surface area contributed by atoms with Gasteiger partial charge in [-0.3, -0.25) is 4.68 Å². The molecule has 2 aromatic heterocycles. The molecule has 0 fully saturated rings. The van der Waals surface area contributed by atoms with Crippen LogP contribution in [-0.4, -0.2) is 19.7 Å². The van der Waals surface area contributed by atoms with E-state index in [9.17, 15) is 0 Å². The lowest BCUT2D eigenvalue weighted by atomic mass is 10.2. The van der Waals surface area contributed by atoms with Gasteiger partial charge in [-0.2, -0.15) is 10.1 Å². The number of aryl methyl sites for hydroxylation is 1. The molecule has 5 nitrogen and oxygen atoms in total. The van der Waals surface area contributed by atoms with Crippen LogP contribution >= 0.6 is 11.6 Å². The molecular formula is C13H17ClN4O. The molecule has 0 atom stereocenters. The Morgan fingerprint density at radius 1 is 1.37 bits per heavy atom. The van der Waals surface area contributed by atoms with Crippen molar-refractivity contribution in [2.45, 2.75) is 39.7 Å². The van der Waals surface area contributed by atoms with Crippen LogP contribution in [0.25, 0.3) is 0 Å². The second-order valence-corrected chi connectivity index (χ2v) is 4.97. The van der Waals surface area contributed by atoms with Gasteiger partial charge in [0.15, 0.2) is 5.75 Å². The Morgan fingerprint density at radius 2 is 2.16 bits per heavy atom. The SMILES string of the molecule is CCCn1cc(Oc2cc(Cl)nc(C(C)C)n2)cn1. The average molecular weight is 281 g/mol. The van der Waals surface area contributed by atoms with Crippen LogP contribution in [0.15, 0.2) is 18.5 Å². The summed E-state index contributed by atoms with van der Waals surface area (Å²) in [5, 5.41) is 4.58. The number of rotatable bonds is 5. The van der Waals surface area contributed by atoms with Crippen LogP contribution < -0.4 is 4.74 Å². The van der Waals surface area contributed by atoms with E-state index in [1.165, 1.54) is 0 Å². The Kier molecular flexibility index (Phi) is 4.37. The summed E-state index contributed by atoms with van der Waals surface area (Å²) in [7, 11) is 0. The van der Waals surface area contributed by atoms with E-state index in [0.29, 0.717) is 22.6 Å². The number of nitrogens with zero attached hydrogens (tertiary/aromatic N) is 4. The summed E-state index contributed by atoms with van der Waals surface area (Å²) in [6.07, 6.45) is 4.53. The lowest BCUT2D eigenvalue weighted by Crippen LogP contribution is -1.99. The van der Waals surface area contributed by atoms with Crippen molar-refractivity contribution in [2.24, 2.45) is 0 Å². The molecule has 0 aliphatic heterocycles. The first-order valence-corrected chi connectivity index (χ1v) is 6.71. The van der Waals surface area contributed by atoms with Gasteiger partial charge in [0.25, 0.3) is 0 Å². The minimum atomic E-state index is 0.198. The van der Waals surface area contributed by atoms with E-state index < -0.39 is 0 Å². The number of halogens is 1. The van der Waals surface area contributed by atoms with Crippen molar-refractivity contribution in [3.63, 3.8) is 0 Å². The van der Waals surface area contributed by atoms with Gasteiger partial charge in [-0.1, -0.05) is 32.4 Å². The topological polar surface area (TPSA) is 52.8 Å². The van der Waals surface area contributed by atoms with Crippen molar-refractivity contribution >= 4 is 11.6 Å².